The first-order valence-corrected chi connectivity index (χ1v) is 8.46. The minimum atomic E-state index is 0.661. The molecule has 0 spiro atoms. The van der Waals surface area contributed by atoms with Crippen LogP contribution in [0.3, 0.4) is 0 Å². The average Bonchev–Trinajstić information content (AvgIpc) is 2.87. The predicted octanol–water partition coefficient (Wildman–Crippen LogP) is 4.80. The molecular weight excluding hydrogens is 348 g/mol. The van der Waals surface area contributed by atoms with Gasteiger partial charge in [0.05, 0.1) is 17.6 Å². The molecule has 0 radical (unpaired) electrons. The van der Waals surface area contributed by atoms with Crippen molar-refractivity contribution < 1.29 is 4.74 Å². The Labute approximate surface area is 136 Å². The molecule has 0 unspecified atom stereocenters. The van der Waals surface area contributed by atoms with Gasteiger partial charge in [-0.1, -0.05) is 45.4 Å². The van der Waals surface area contributed by atoms with Crippen molar-refractivity contribution in [2.24, 2.45) is 0 Å². The summed E-state index contributed by atoms with van der Waals surface area (Å²) in [6.07, 6.45) is 0. The molecule has 0 fully saturated rings. The van der Waals surface area contributed by atoms with Gasteiger partial charge in [-0.15, -0.1) is 0 Å². The molecule has 0 aliphatic heterocycles. The van der Waals surface area contributed by atoms with Crippen LogP contribution in [0, 0.1) is 6.92 Å². The number of thioether (sulfide) groups is 1. The Morgan fingerprint density at radius 2 is 2.00 bits per heavy atom. The number of ether oxygens (including phenoxy) is 1. The van der Waals surface area contributed by atoms with Crippen molar-refractivity contribution in [1.82, 2.24) is 9.97 Å². The van der Waals surface area contributed by atoms with E-state index in [4.69, 9.17) is 4.74 Å². The normalized spacial score (nSPS) is 11.0. The fourth-order valence-corrected chi connectivity index (χ4v) is 3.03. The number of aryl methyl sites for hydroxylation is 1. The molecule has 0 amide bonds. The van der Waals surface area contributed by atoms with E-state index in [1.807, 2.05) is 30.3 Å². The molecule has 21 heavy (non-hydrogen) atoms. The van der Waals surface area contributed by atoms with Gasteiger partial charge >= 0.3 is 0 Å². The number of imidazole rings is 1. The maximum atomic E-state index is 5.71. The number of fused-ring (bicyclic) bond motifs is 1. The van der Waals surface area contributed by atoms with Gasteiger partial charge in [-0.2, -0.15) is 0 Å². The van der Waals surface area contributed by atoms with Crippen LogP contribution in [0.4, 0.5) is 0 Å². The van der Waals surface area contributed by atoms with Gasteiger partial charge < -0.3 is 9.72 Å². The van der Waals surface area contributed by atoms with E-state index < -0.39 is 0 Å². The second-order valence-electron chi connectivity index (χ2n) is 4.71. The lowest BCUT2D eigenvalue weighted by atomic mass is 10.2. The summed E-state index contributed by atoms with van der Waals surface area (Å²) in [7, 11) is 0. The van der Waals surface area contributed by atoms with E-state index in [9.17, 15) is 0 Å². The maximum Gasteiger partial charge on any atom is 0.166 e. The molecule has 3 aromatic rings. The average molecular weight is 363 g/mol. The Hall–Kier alpha value is -1.46. The number of halogens is 1. The zero-order valence-corrected chi connectivity index (χ0v) is 14.0. The Kier molecular flexibility index (Phi) is 4.51. The van der Waals surface area contributed by atoms with E-state index in [1.165, 1.54) is 5.56 Å². The largest absolute Gasteiger partial charge is 0.493 e. The van der Waals surface area contributed by atoms with Crippen molar-refractivity contribution in [3.8, 4) is 5.75 Å². The van der Waals surface area contributed by atoms with E-state index in [0.717, 1.165) is 32.2 Å². The number of hydrogen-bond donors (Lipinski definition) is 1. The van der Waals surface area contributed by atoms with Crippen molar-refractivity contribution in [3.05, 3.63) is 52.5 Å². The van der Waals surface area contributed by atoms with Gasteiger partial charge in [0.2, 0.25) is 0 Å². The van der Waals surface area contributed by atoms with Crippen molar-refractivity contribution in [2.45, 2.75) is 12.1 Å². The fourth-order valence-electron chi connectivity index (χ4n) is 1.96. The quantitative estimate of drug-likeness (QED) is 0.522. The highest BCUT2D eigenvalue weighted by molar-refractivity contribution is 9.10. The maximum absolute atomic E-state index is 5.71. The Morgan fingerprint density at radius 1 is 1.19 bits per heavy atom. The van der Waals surface area contributed by atoms with Crippen LogP contribution in [0.1, 0.15) is 5.56 Å². The zero-order valence-electron chi connectivity index (χ0n) is 11.6. The van der Waals surface area contributed by atoms with E-state index in [1.54, 1.807) is 11.8 Å². The van der Waals surface area contributed by atoms with Gasteiger partial charge in [0.25, 0.3) is 0 Å². The number of hydrogen-bond acceptors (Lipinski definition) is 3. The van der Waals surface area contributed by atoms with Crippen LogP contribution >= 0.6 is 27.7 Å². The Morgan fingerprint density at radius 3 is 2.81 bits per heavy atom. The third kappa shape index (κ3) is 3.80. The molecule has 0 aliphatic rings. The summed E-state index contributed by atoms with van der Waals surface area (Å²) in [6, 6.07) is 14.1. The van der Waals surface area contributed by atoms with Crippen LogP contribution in [-0.2, 0) is 0 Å². The van der Waals surface area contributed by atoms with Crippen molar-refractivity contribution in [1.29, 1.82) is 0 Å². The molecule has 0 aliphatic carbocycles. The smallest absolute Gasteiger partial charge is 0.166 e. The number of benzene rings is 2. The van der Waals surface area contributed by atoms with E-state index in [2.05, 4.69) is 45.0 Å². The lowest BCUT2D eigenvalue weighted by molar-refractivity contribution is 0.344. The zero-order chi connectivity index (χ0) is 14.7. The summed E-state index contributed by atoms with van der Waals surface area (Å²) in [6.45, 7) is 2.73. The second kappa shape index (κ2) is 6.54. The minimum absolute atomic E-state index is 0.661. The Balaban J connectivity index is 1.53. The minimum Gasteiger partial charge on any atom is -0.493 e. The lowest BCUT2D eigenvalue weighted by Crippen LogP contribution is -2.00. The lowest BCUT2D eigenvalue weighted by Gasteiger charge is -2.05. The molecule has 3 nitrogen and oxygen atoms in total. The third-order valence-electron chi connectivity index (χ3n) is 3.03. The first-order chi connectivity index (χ1) is 10.2. The molecule has 108 valence electrons. The summed E-state index contributed by atoms with van der Waals surface area (Å²) in [5.74, 6) is 1.77. The fraction of sp³-hybridized carbons (Fsp3) is 0.188. The van der Waals surface area contributed by atoms with Gasteiger partial charge in [0, 0.05) is 10.2 Å². The van der Waals surface area contributed by atoms with Crippen LogP contribution in [0.5, 0.6) is 5.75 Å². The van der Waals surface area contributed by atoms with Gasteiger partial charge in [-0.05, 0) is 37.3 Å². The Bertz CT molecular complexity index is 740. The summed E-state index contributed by atoms with van der Waals surface area (Å²) in [4.78, 5) is 7.85. The van der Waals surface area contributed by atoms with Gasteiger partial charge in [0.15, 0.2) is 5.16 Å². The highest BCUT2D eigenvalue weighted by Gasteiger charge is 2.04. The summed E-state index contributed by atoms with van der Waals surface area (Å²) in [5, 5.41) is 0.926. The summed E-state index contributed by atoms with van der Waals surface area (Å²) >= 11 is 5.13. The van der Waals surface area contributed by atoms with Crippen LogP contribution in [0.25, 0.3) is 11.0 Å². The number of nitrogens with zero attached hydrogens (tertiary/aromatic N) is 1. The predicted molar refractivity (Wildman–Crippen MR) is 91.2 cm³/mol. The molecule has 1 N–H and O–H groups in total. The number of rotatable bonds is 5. The molecule has 0 bridgehead atoms. The number of aromatic nitrogens is 2. The van der Waals surface area contributed by atoms with Crippen molar-refractivity contribution in [2.75, 3.05) is 12.4 Å². The summed E-state index contributed by atoms with van der Waals surface area (Å²) in [5.41, 5.74) is 3.27. The number of H-pyrrole nitrogens is 1. The summed E-state index contributed by atoms with van der Waals surface area (Å²) < 4.78 is 6.76. The molecule has 1 aromatic heterocycles. The molecule has 5 heteroatoms. The van der Waals surface area contributed by atoms with E-state index >= 15 is 0 Å². The molecule has 3 rings (SSSR count). The van der Waals surface area contributed by atoms with Crippen LogP contribution in [-0.4, -0.2) is 22.3 Å². The third-order valence-corrected chi connectivity index (χ3v) is 4.36. The monoisotopic (exact) mass is 362 g/mol. The molecule has 2 aromatic carbocycles. The van der Waals surface area contributed by atoms with Crippen molar-refractivity contribution in [3.63, 3.8) is 0 Å². The number of nitrogens with one attached hydrogen (secondary N) is 1. The number of aromatic amines is 1. The van der Waals surface area contributed by atoms with Gasteiger partial charge in [-0.25, -0.2) is 4.98 Å². The first kappa shape index (κ1) is 14.5. The van der Waals surface area contributed by atoms with E-state index in [-0.39, 0.29) is 0 Å². The molecular formula is C16H15BrN2OS. The first-order valence-electron chi connectivity index (χ1n) is 6.68. The van der Waals surface area contributed by atoms with Gasteiger partial charge in [0.1, 0.15) is 5.75 Å². The molecule has 0 atom stereocenters. The van der Waals surface area contributed by atoms with Gasteiger partial charge in [-0.3, -0.25) is 0 Å². The standard InChI is InChI=1S/C16H15BrN2OS/c1-11-2-5-13(6-3-11)20-8-9-21-16-18-14-7-4-12(17)10-15(14)19-16/h2-7,10H,8-9H2,1H3,(H,18,19). The van der Waals surface area contributed by atoms with Crippen LogP contribution in [0.15, 0.2) is 52.1 Å². The molecule has 1 heterocycles. The van der Waals surface area contributed by atoms with Crippen LogP contribution < -0.4 is 4.74 Å². The highest BCUT2D eigenvalue weighted by atomic mass is 79.9. The van der Waals surface area contributed by atoms with Crippen LogP contribution in [0.2, 0.25) is 0 Å². The SMILES string of the molecule is Cc1ccc(OCCSc2nc3ccc(Br)cc3[nH]2)cc1. The topological polar surface area (TPSA) is 37.9 Å². The van der Waals surface area contributed by atoms with Crippen molar-refractivity contribution >= 4 is 38.7 Å². The highest BCUT2D eigenvalue weighted by Crippen LogP contribution is 2.22. The second-order valence-corrected chi connectivity index (χ2v) is 6.71. The van der Waals surface area contributed by atoms with E-state index in [0.29, 0.717) is 6.61 Å². The molecule has 0 saturated heterocycles. The molecule has 0 saturated carbocycles.